The second-order valence-corrected chi connectivity index (χ2v) is 7.95. The van der Waals surface area contributed by atoms with Gasteiger partial charge in [0, 0.05) is 30.3 Å². The molecular weight excluding hydrogens is 427 g/mol. The van der Waals surface area contributed by atoms with E-state index in [9.17, 15) is 14.0 Å². The molecule has 33 heavy (non-hydrogen) atoms. The van der Waals surface area contributed by atoms with Crippen molar-refractivity contribution in [1.82, 2.24) is 10.6 Å². The van der Waals surface area contributed by atoms with E-state index < -0.39 is 17.7 Å². The molecular formula is C25H29FN2O5. The number of aliphatic hydroxyl groups is 2. The minimum atomic E-state index is -0.700. The van der Waals surface area contributed by atoms with Crippen LogP contribution < -0.4 is 15.4 Å². The minimum absolute atomic E-state index is 0.108. The van der Waals surface area contributed by atoms with E-state index in [1.54, 1.807) is 12.1 Å². The van der Waals surface area contributed by atoms with Crippen LogP contribution in [0.4, 0.5) is 4.39 Å². The second kappa shape index (κ2) is 11.4. The molecule has 1 fully saturated rings. The summed E-state index contributed by atoms with van der Waals surface area (Å²) in [5.41, 5.74) is 2.17. The predicted octanol–water partition coefficient (Wildman–Crippen LogP) is 4.20. The third kappa shape index (κ3) is 6.71. The number of allylic oxidation sites excluding steroid dienone is 1. The van der Waals surface area contributed by atoms with E-state index in [1.165, 1.54) is 18.2 Å². The third-order valence-electron chi connectivity index (χ3n) is 5.66. The molecule has 0 saturated heterocycles. The van der Waals surface area contributed by atoms with E-state index in [4.69, 9.17) is 14.9 Å². The molecule has 7 nitrogen and oxygen atoms in total. The van der Waals surface area contributed by atoms with Gasteiger partial charge in [-0.2, -0.15) is 0 Å². The number of hydrogen-bond donors (Lipinski definition) is 4. The first-order chi connectivity index (χ1) is 15.9. The first-order valence-electron chi connectivity index (χ1n) is 11.1. The van der Waals surface area contributed by atoms with Gasteiger partial charge in [0.15, 0.2) is 0 Å². The van der Waals surface area contributed by atoms with Gasteiger partial charge in [0.2, 0.25) is 0 Å². The summed E-state index contributed by atoms with van der Waals surface area (Å²) in [5, 5.41) is 23.6. The largest absolute Gasteiger partial charge is 0.490 e. The molecule has 1 aliphatic rings. The molecule has 0 unspecified atom stereocenters. The van der Waals surface area contributed by atoms with Gasteiger partial charge in [-0.05, 0) is 61.9 Å². The fourth-order valence-corrected chi connectivity index (χ4v) is 3.67. The van der Waals surface area contributed by atoms with Gasteiger partial charge < -0.3 is 25.6 Å². The molecule has 0 radical (unpaired) electrons. The molecule has 2 amide bonds. The maximum atomic E-state index is 14.5. The highest BCUT2D eigenvalue weighted by Crippen LogP contribution is 2.28. The molecule has 1 saturated carbocycles. The van der Waals surface area contributed by atoms with Crippen LogP contribution in [0.3, 0.4) is 0 Å². The number of aliphatic hydroxyl groups excluding tert-OH is 1. The Kier molecular flexibility index (Phi) is 8.29. The Morgan fingerprint density at radius 2 is 1.64 bits per heavy atom. The summed E-state index contributed by atoms with van der Waals surface area (Å²) < 4.78 is 20.2. The Hall–Kier alpha value is -3.55. The molecule has 1 aliphatic carbocycles. The van der Waals surface area contributed by atoms with Crippen molar-refractivity contribution in [2.24, 2.45) is 0 Å². The number of hydrogen-bond acceptors (Lipinski definition) is 5. The summed E-state index contributed by atoms with van der Waals surface area (Å²) in [7, 11) is 0. The highest BCUT2D eigenvalue weighted by atomic mass is 19.1. The monoisotopic (exact) mass is 456 g/mol. The Morgan fingerprint density at radius 1 is 1.00 bits per heavy atom. The van der Waals surface area contributed by atoms with Crippen LogP contribution in [0.15, 0.2) is 54.0 Å². The van der Waals surface area contributed by atoms with Crippen molar-refractivity contribution in [3.05, 3.63) is 76.5 Å². The van der Waals surface area contributed by atoms with Gasteiger partial charge in [0.1, 0.15) is 11.6 Å². The lowest BCUT2D eigenvalue weighted by atomic mass is 9.93. The topological polar surface area (TPSA) is 108 Å². The lowest BCUT2D eigenvalue weighted by Crippen LogP contribution is -2.35. The quantitative estimate of drug-likeness (QED) is 0.352. The predicted molar refractivity (Wildman–Crippen MR) is 122 cm³/mol. The number of halogens is 1. The minimum Gasteiger partial charge on any atom is -0.490 e. The van der Waals surface area contributed by atoms with Crippen molar-refractivity contribution < 1.29 is 28.9 Å². The van der Waals surface area contributed by atoms with Crippen LogP contribution in [0, 0.1) is 5.82 Å². The van der Waals surface area contributed by atoms with Gasteiger partial charge in [0.05, 0.1) is 11.7 Å². The van der Waals surface area contributed by atoms with Gasteiger partial charge in [-0.25, -0.2) is 4.39 Å². The fraction of sp³-hybridized carbons (Fsp3) is 0.360. The summed E-state index contributed by atoms with van der Waals surface area (Å²) in [5.74, 6) is -1.82. The van der Waals surface area contributed by atoms with Crippen LogP contribution in [0.1, 0.15) is 58.9 Å². The molecule has 0 aliphatic heterocycles. The summed E-state index contributed by atoms with van der Waals surface area (Å²) in [6.45, 7) is 2.41. The van der Waals surface area contributed by atoms with Crippen LogP contribution in [0.25, 0.3) is 0 Å². The van der Waals surface area contributed by atoms with Crippen LogP contribution in [0.2, 0.25) is 0 Å². The van der Waals surface area contributed by atoms with E-state index in [0.29, 0.717) is 42.6 Å². The van der Waals surface area contributed by atoms with Crippen LogP contribution in [-0.2, 0) is 6.42 Å². The van der Waals surface area contributed by atoms with Gasteiger partial charge >= 0.3 is 0 Å². The zero-order chi connectivity index (χ0) is 23.8. The average Bonchev–Trinajstić information content (AvgIpc) is 2.82. The molecule has 3 rings (SSSR count). The van der Waals surface area contributed by atoms with Gasteiger partial charge in [-0.1, -0.05) is 19.1 Å². The summed E-state index contributed by atoms with van der Waals surface area (Å²) in [6, 6.07) is 11.4. The Bertz CT molecular complexity index is 1010. The zero-order valence-corrected chi connectivity index (χ0v) is 18.6. The number of rotatable bonds is 8. The van der Waals surface area contributed by atoms with Crippen molar-refractivity contribution in [1.29, 1.82) is 0 Å². The first-order valence-corrected chi connectivity index (χ1v) is 11.1. The first kappa shape index (κ1) is 24.1. The fourth-order valence-electron chi connectivity index (χ4n) is 3.67. The van der Waals surface area contributed by atoms with Crippen molar-refractivity contribution >= 4 is 11.8 Å². The second-order valence-electron chi connectivity index (χ2n) is 7.95. The molecule has 0 bridgehead atoms. The molecule has 2 aromatic carbocycles. The van der Waals surface area contributed by atoms with Crippen LogP contribution >= 0.6 is 0 Å². The highest BCUT2D eigenvalue weighted by Gasteiger charge is 2.21. The molecule has 0 heterocycles. The maximum absolute atomic E-state index is 14.5. The molecule has 0 spiro atoms. The number of aryl methyl sites for hydroxylation is 1. The smallest absolute Gasteiger partial charge is 0.273 e. The summed E-state index contributed by atoms with van der Waals surface area (Å²) >= 11 is 0. The summed E-state index contributed by atoms with van der Waals surface area (Å²) in [6.07, 6.45) is 2.95. The number of nitrogens with one attached hydrogen (secondary N) is 2. The van der Waals surface area contributed by atoms with Gasteiger partial charge in [-0.15, -0.1) is 0 Å². The van der Waals surface area contributed by atoms with Gasteiger partial charge in [-0.3, -0.25) is 9.59 Å². The van der Waals surface area contributed by atoms with Crippen molar-refractivity contribution in [2.75, 3.05) is 13.1 Å². The third-order valence-corrected chi connectivity index (χ3v) is 5.66. The number of amides is 2. The van der Waals surface area contributed by atoms with Crippen molar-refractivity contribution in [3.63, 3.8) is 0 Å². The normalized spacial score (nSPS) is 15.6. The van der Waals surface area contributed by atoms with Gasteiger partial charge in [0.25, 0.3) is 17.8 Å². The Labute approximate surface area is 192 Å². The molecule has 2 aromatic rings. The maximum Gasteiger partial charge on any atom is 0.273 e. The van der Waals surface area contributed by atoms with E-state index in [1.807, 2.05) is 19.1 Å². The number of carbonyl (C=O) groups is 2. The van der Waals surface area contributed by atoms with Crippen LogP contribution in [0.5, 0.6) is 5.75 Å². The highest BCUT2D eigenvalue weighted by molar-refractivity contribution is 5.95. The molecule has 176 valence electrons. The summed E-state index contributed by atoms with van der Waals surface area (Å²) in [4.78, 5) is 24.4. The SMILES string of the molecule is CCc1ccc(C(=O)NCCNC(=O)c2ccc(OC3CCC(=C(O)O)CC3)cc2F)cc1. The lowest BCUT2D eigenvalue weighted by molar-refractivity contribution is 0.0925. The average molecular weight is 457 g/mol. The molecule has 0 atom stereocenters. The Morgan fingerprint density at radius 3 is 2.21 bits per heavy atom. The van der Waals surface area contributed by atoms with Crippen molar-refractivity contribution in [3.8, 4) is 5.75 Å². The molecule has 8 heteroatoms. The number of carbonyl (C=O) groups excluding carboxylic acids is 2. The molecule has 0 aromatic heterocycles. The van der Waals surface area contributed by atoms with E-state index in [0.717, 1.165) is 12.0 Å². The van der Waals surface area contributed by atoms with E-state index >= 15 is 0 Å². The Balaban J connectivity index is 1.44. The van der Waals surface area contributed by atoms with E-state index in [-0.39, 0.29) is 30.7 Å². The standard InChI is InChI=1S/C25H29FN2O5/c1-2-16-3-5-17(6-4-16)23(29)27-13-14-28-24(30)21-12-11-20(15-22(21)26)33-19-9-7-18(8-10-19)25(31)32/h3-6,11-12,15,19,31-32H,2,7-10,13-14H2,1H3,(H,27,29)(H,28,30). The number of ether oxygens (including phenoxy) is 1. The van der Waals surface area contributed by atoms with Crippen LogP contribution in [-0.4, -0.2) is 41.2 Å². The molecule has 4 N–H and O–H groups in total. The van der Waals surface area contributed by atoms with Crippen molar-refractivity contribution in [2.45, 2.75) is 45.1 Å². The zero-order valence-electron chi connectivity index (χ0n) is 18.6. The number of benzene rings is 2. The lowest BCUT2D eigenvalue weighted by Gasteiger charge is -2.24. The van der Waals surface area contributed by atoms with E-state index in [2.05, 4.69) is 10.6 Å².